The molecule has 1 aliphatic heterocycles. The van der Waals surface area contributed by atoms with Gasteiger partial charge in [0.05, 0.1) is 0 Å². The second kappa shape index (κ2) is 7.29. The number of piperidine rings is 1. The Morgan fingerprint density at radius 2 is 2.15 bits per heavy atom. The number of nitrogens with two attached hydrogens (primary N) is 1. The third-order valence-electron chi connectivity index (χ3n) is 3.99. The molecule has 0 atom stereocenters. The number of nitrogens with one attached hydrogen (secondary N) is 1. The molecule has 1 aromatic rings. The molecule has 2 rings (SSSR count). The zero-order valence-corrected chi connectivity index (χ0v) is 12.3. The normalized spacial score (nSPS) is 17.1. The van der Waals surface area contributed by atoms with Gasteiger partial charge in [-0.1, -0.05) is 19.1 Å². The average molecular weight is 275 g/mol. The molecule has 110 valence electrons. The van der Waals surface area contributed by atoms with Gasteiger partial charge in [-0.3, -0.25) is 4.79 Å². The zero-order chi connectivity index (χ0) is 14.4. The molecule has 0 bridgehead atoms. The van der Waals surface area contributed by atoms with Gasteiger partial charge in [0, 0.05) is 31.2 Å². The van der Waals surface area contributed by atoms with Crippen LogP contribution in [0.4, 0.5) is 5.69 Å². The Balaban J connectivity index is 1.71. The minimum Gasteiger partial charge on any atom is -0.399 e. The Bertz CT molecular complexity index is 439. The van der Waals surface area contributed by atoms with Crippen molar-refractivity contribution in [3.63, 3.8) is 0 Å². The molecule has 1 aromatic carbocycles. The SMILES string of the molecule is CCN1CCC(NC(=O)CCc2cccc(N)c2)CC1. The Hall–Kier alpha value is -1.55. The van der Waals surface area contributed by atoms with Crippen LogP contribution in [-0.4, -0.2) is 36.5 Å². The molecule has 4 nitrogen and oxygen atoms in total. The van der Waals surface area contributed by atoms with Crippen molar-refractivity contribution in [2.45, 2.75) is 38.6 Å². The highest BCUT2D eigenvalue weighted by atomic mass is 16.1. The van der Waals surface area contributed by atoms with Gasteiger partial charge in [0.25, 0.3) is 0 Å². The smallest absolute Gasteiger partial charge is 0.220 e. The van der Waals surface area contributed by atoms with Crippen molar-refractivity contribution >= 4 is 11.6 Å². The van der Waals surface area contributed by atoms with E-state index in [0.29, 0.717) is 12.5 Å². The molecule has 0 unspecified atom stereocenters. The molecule has 0 aromatic heterocycles. The molecule has 0 aliphatic carbocycles. The maximum atomic E-state index is 12.0. The number of amides is 1. The van der Waals surface area contributed by atoms with Crippen LogP contribution in [-0.2, 0) is 11.2 Å². The van der Waals surface area contributed by atoms with Crippen LogP contribution < -0.4 is 11.1 Å². The predicted molar refractivity (Wildman–Crippen MR) is 82.5 cm³/mol. The molecule has 0 radical (unpaired) electrons. The fraction of sp³-hybridized carbons (Fsp3) is 0.562. The summed E-state index contributed by atoms with van der Waals surface area (Å²) in [6.45, 7) is 5.48. The summed E-state index contributed by atoms with van der Waals surface area (Å²) in [5.41, 5.74) is 7.62. The molecule has 4 heteroatoms. The molecular formula is C16H25N3O. The van der Waals surface area contributed by atoms with Gasteiger partial charge < -0.3 is 16.0 Å². The van der Waals surface area contributed by atoms with E-state index in [4.69, 9.17) is 5.73 Å². The number of nitrogen functional groups attached to an aromatic ring is 1. The van der Waals surface area contributed by atoms with Crippen LogP contribution in [0, 0.1) is 0 Å². The maximum absolute atomic E-state index is 12.0. The summed E-state index contributed by atoms with van der Waals surface area (Å²) in [6, 6.07) is 8.11. The Kier molecular flexibility index (Phi) is 5.41. The van der Waals surface area contributed by atoms with Crippen molar-refractivity contribution in [2.24, 2.45) is 0 Å². The molecule has 1 aliphatic rings. The van der Waals surface area contributed by atoms with Gasteiger partial charge >= 0.3 is 0 Å². The number of likely N-dealkylation sites (tertiary alicyclic amines) is 1. The first-order valence-corrected chi connectivity index (χ1v) is 7.53. The number of hydrogen-bond donors (Lipinski definition) is 2. The van der Waals surface area contributed by atoms with E-state index >= 15 is 0 Å². The zero-order valence-electron chi connectivity index (χ0n) is 12.3. The van der Waals surface area contributed by atoms with Crippen LogP contribution in [0.15, 0.2) is 24.3 Å². The van der Waals surface area contributed by atoms with Gasteiger partial charge in [-0.05, 0) is 43.5 Å². The summed E-state index contributed by atoms with van der Waals surface area (Å²) >= 11 is 0. The number of anilines is 1. The Labute approximate surface area is 121 Å². The first-order chi connectivity index (χ1) is 9.67. The second-order valence-electron chi connectivity index (χ2n) is 5.52. The van der Waals surface area contributed by atoms with Gasteiger partial charge in [0.1, 0.15) is 0 Å². The van der Waals surface area contributed by atoms with Gasteiger partial charge in [-0.25, -0.2) is 0 Å². The minimum atomic E-state index is 0.155. The van der Waals surface area contributed by atoms with Crippen molar-refractivity contribution < 1.29 is 4.79 Å². The number of nitrogens with zero attached hydrogens (tertiary/aromatic N) is 1. The number of hydrogen-bond acceptors (Lipinski definition) is 3. The van der Waals surface area contributed by atoms with E-state index in [1.54, 1.807) is 0 Å². The molecule has 0 saturated carbocycles. The summed E-state index contributed by atoms with van der Waals surface area (Å²) in [5, 5.41) is 3.15. The number of aryl methyl sites for hydroxylation is 1. The highest BCUT2D eigenvalue weighted by Crippen LogP contribution is 2.11. The molecule has 3 N–H and O–H groups in total. The number of carbonyl (C=O) groups excluding carboxylic acids is 1. The lowest BCUT2D eigenvalue weighted by molar-refractivity contribution is -0.122. The lowest BCUT2D eigenvalue weighted by atomic mass is 10.0. The quantitative estimate of drug-likeness (QED) is 0.806. The van der Waals surface area contributed by atoms with Gasteiger partial charge in [-0.15, -0.1) is 0 Å². The lowest BCUT2D eigenvalue weighted by Crippen LogP contribution is -2.44. The molecule has 20 heavy (non-hydrogen) atoms. The van der Waals surface area contributed by atoms with Crippen LogP contribution in [0.3, 0.4) is 0 Å². The maximum Gasteiger partial charge on any atom is 0.220 e. The molecule has 1 heterocycles. The Morgan fingerprint density at radius 3 is 2.80 bits per heavy atom. The molecule has 1 saturated heterocycles. The van der Waals surface area contributed by atoms with E-state index in [9.17, 15) is 4.79 Å². The summed E-state index contributed by atoms with van der Waals surface area (Å²) in [6.07, 6.45) is 3.43. The lowest BCUT2D eigenvalue weighted by Gasteiger charge is -2.31. The summed E-state index contributed by atoms with van der Waals surface area (Å²) < 4.78 is 0. The van der Waals surface area contributed by atoms with Crippen LogP contribution in [0.2, 0.25) is 0 Å². The molecule has 1 fully saturated rings. The average Bonchev–Trinajstić information content (AvgIpc) is 2.46. The van der Waals surface area contributed by atoms with Gasteiger partial charge in [0.15, 0.2) is 0 Å². The van der Waals surface area contributed by atoms with Gasteiger partial charge in [0.2, 0.25) is 5.91 Å². The second-order valence-corrected chi connectivity index (χ2v) is 5.52. The van der Waals surface area contributed by atoms with Crippen molar-refractivity contribution in [2.75, 3.05) is 25.4 Å². The van der Waals surface area contributed by atoms with Crippen molar-refractivity contribution in [1.29, 1.82) is 0 Å². The third-order valence-corrected chi connectivity index (χ3v) is 3.99. The summed E-state index contributed by atoms with van der Waals surface area (Å²) in [7, 11) is 0. The predicted octanol–water partition coefficient (Wildman–Crippen LogP) is 1.80. The van der Waals surface area contributed by atoms with Crippen LogP contribution in [0.25, 0.3) is 0 Å². The van der Waals surface area contributed by atoms with E-state index in [-0.39, 0.29) is 5.91 Å². The van der Waals surface area contributed by atoms with E-state index in [1.165, 1.54) is 0 Å². The fourth-order valence-corrected chi connectivity index (χ4v) is 2.70. The molecular weight excluding hydrogens is 250 g/mol. The monoisotopic (exact) mass is 275 g/mol. The number of benzene rings is 1. The first kappa shape index (κ1) is 14.9. The number of carbonyl (C=O) groups is 1. The minimum absolute atomic E-state index is 0.155. The van der Waals surface area contributed by atoms with Crippen molar-refractivity contribution in [1.82, 2.24) is 10.2 Å². The van der Waals surface area contributed by atoms with E-state index in [0.717, 1.165) is 50.1 Å². The highest BCUT2D eigenvalue weighted by Gasteiger charge is 2.19. The van der Waals surface area contributed by atoms with Gasteiger partial charge in [-0.2, -0.15) is 0 Å². The number of rotatable bonds is 5. The van der Waals surface area contributed by atoms with Crippen molar-refractivity contribution in [3.05, 3.63) is 29.8 Å². The van der Waals surface area contributed by atoms with Crippen LogP contribution in [0.5, 0.6) is 0 Å². The fourth-order valence-electron chi connectivity index (χ4n) is 2.70. The first-order valence-electron chi connectivity index (χ1n) is 7.53. The highest BCUT2D eigenvalue weighted by molar-refractivity contribution is 5.76. The molecule has 0 spiro atoms. The Morgan fingerprint density at radius 1 is 1.40 bits per heavy atom. The standard InChI is InChI=1S/C16H25N3O/c1-2-19-10-8-15(9-11-19)18-16(20)7-6-13-4-3-5-14(17)12-13/h3-5,12,15H,2,6-11,17H2,1H3,(H,18,20). The summed E-state index contributed by atoms with van der Waals surface area (Å²) in [4.78, 5) is 14.4. The van der Waals surface area contributed by atoms with E-state index in [2.05, 4.69) is 17.1 Å². The third kappa shape index (κ3) is 4.53. The largest absolute Gasteiger partial charge is 0.399 e. The van der Waals surface area contributed by atoms with Crippen molar-refractivity contribution in [3.8, 4) is 0 Å². The summed E-state index contributed by atoms with van der Waals surface area (Å²) in [5.74, 6) is 0.155. The topological polar surface area (TPSA) is 58.4 Å². The molecule has 1 amide bonds. The van der Waals surface area contributed by atoms with E-state index < -0.39 is 0 Å². The van der Waals surface area contributed by atoms with E-state index in [1.807, 2.05) is 24.3 Å². The van der Waals surface area contributed by atoms with Crippen LogP contribution >= 0.6 is 0 Å². The van der Waals surface area contributed by atoms with Crippen LogP contribution in [0.1, 0.15) is 31.7 Å².